The summed E-state index contributed by atoms with van der Waals surface area (Å²) in [4.78, 5) is 11.7. The van der Waals surface area contributed by atoms with E-state index in [0.717, 1.165) is 12.8 Å². The highest BCUT2D eigenvalue weighted by Gasteiger charge is 2.30. The standard InChI is InChI=1S/C11H20N2O3S/c1-3-7-12-11(14)10-6-5-8-13(9-10)17(15,16)4-2/h3,10H,1,4-9H2,2H3,(H,12,14)/t10-/m0/s1. The molecular formula is C11H20N2O3S. The zero-order valence-electron chi connectivity index (χ0n) is 10.2. The molecule has 1 aliphatic rings. The fourth-order valence-electron chi connectivity index (χ4n) is 1.91. The van der Waals surface area contributed by atoms with Crippen LogP contribution in [0.4, 0.5) is 0 Å². The summed E-state index contributed by atoms with van der Waals surface area (Å²) >= 11 is 0. The Kier molecular flexibility index (Phi) is 5.14. The highest BCUT2D eigenvalue weighted by atomic mass is 32.2. The summed E-state index contributed by atoms with van der Waals surface area (Å²) in [6, 6.07) is 0. The number of amides is 1. The summed E-state index contributed by atoms with van der Waals surface area (Å²) < 4.78 is 24.9. The highest BCUT2D eigenvalue weighted by Crippen LogP contribution is 2.19. The van der Waals surface area contributed by atoms with E-state index in [1.165, 1.54) is 4.31 Å². The molecule has 1 amide bonds. The van der Waals surface area contributed by atoms with Gasteiger partial charge in [-0.3, -0.25) is 4.79 Å². The molecule has 0 spiro atoms. The van der Waals surface area contributed by atoms with E-state index in [0.29, 0.717) is 19.6 Å². The molecule has 17 heavy (non-hydrogen) atoms. The Morgan fingerprint density at radius 1 is 1.59 bits per heavy atom. The van der Waals surface area contributed by atoms with Crippen LogP contribution >= 0.6 is 0 Å². The summed E-state index contributed by atoms with van der Waals surface area (Å²) in [6.07, 6.45) is 3.10. The van der Waals surface area contributed by atoms with Crippen molar-refractivity contribution in [2.45, 2.75) is 19.8 Å². The van der Waals surface area contributed by atoms with E-state index < -0.39 is 10.0 Å². The van der Waals surface area contributed by atoms with Crippen LogP contribution in [0, 0.1) is 5.92 Å². The van der Waals surface area contributed by atoms with Crippen molar-refractivity contribution in [2.24, 2.45) is 5.92 Å². The lowest BCUT2D eigenvalue weighted by atomic mass is 9.99. The van der Waals surface area contributed by atoms with Gasteiger partial charge in [0.25, 0.3) is 0 Å². The molecule has 1 heterocycles. The molecule has 1 fully saturated rings. The molecule has 98 valence electrons. The lowest BCUT2D eigenvalue weighted by molar-refractivity contribution is -0.125. The Morgan fingerprint density at radius 3 is 2.88 bits per heavy atom. The van der Waals surface area contributed by atoms with Gasteiger partial charge in [-0.2, -0.15) is 0 Å². The molecule has 0 radical (unpaired) electrons. The fourth-order valence-corrected chi connectivity index (χ4v) is 3.09. The number of carbonyl (C=O) groups excluding carboxylic acids is 1. The van der Waals surface area contributed by atoms with Gasteiger partial charge in [-0.25, -0.2) is 12.7 Å². The van der Waals surface area contributed by atoms with Crippen molar-refractivity contribution in [1.82, 2.24) is 9.62 Å². The van der Waals surface area contributed by atoms with Gasteiger partial charge in [-0.15, -0.1) is 6.58 Å². The van der Waals surface area contributed by atoms with Gasteiger partial charge in [0, 0.05) is 19.6 Å². The van der Waals surface area contributed by atoms with E-state index in [2.05, 4.69) is 11.9 Å². The third-order valence-electron chi connectivity index (χ3n) is 2.93. The minimum absolute atomic E-state index is 0.0825. The van der Waals surface area contributed by atoms with Gasteiger partial charge in [0.15, 0.2) is 0 Å². The third kappa shape index (κ3) is 3.81. The maximum Gasteiger partial charge on any atom is 0.224 e. The zero-order chi connectivity index (χ0) is 12.9. The number of hydrogen-bond donors (Lipinski definition) is 1. The van der Waals surface area contributed by atoms with Crippen molar-refractivity contribution < 1.29 is 13.2 Å². The van der Waals surface area contributed by atoms with E-state index >= 15 is 0 Å². The van der Waals surface area contributed by atoms with E-state index in [9.17, 15) is 13.2 Å². The Hall–Kier alpha value is -0.880. The van der Waals surface area contributed by atoms with Gasteiger partial charge >= 0.3 is 0 Å². The number of piperidine rings is 1. The number of nitrogens with zero attached hydrogens (tertiary/aromatic N) is 1. The van der Waals surface area contributed by atoms with E-state index in [1.807, 2.05) is 0 Å². The van der Waals surface area contributed by atoms with Crippen LogP contribution in [0.1, 0.15) is 19.8 Å². The molecule has 0 aromatic rings. The molecule has 1 rings (SSSR count). The first kappa shape index (κ1) is 14.2. The molecule has 1 saturated heterocycles. The van der Waals surface area contributed by atoms with Gasteiger partial charge in [0.2, 0.25) is 15.9 Å². The Bertz CT molecular complexity index is 378. The topological polar surface area (TPSA) is 66.5 Å². The maximum atomic E-state index is 11.7. The summed E-state index contributed by atoms with van der Waals surface area (Å²) in [6.45, 7) is 6.41. The van der Waals surface area contributed by atoms with Crippen molar-refractivity contribution >= 4 is 15.9 Å². The van der Waals surface area contributed by atoms with Crippen molar-refractivity contribution in [3.8, 4) is 0 Å². The Balaban J connectivity index is 2.60. The normalized spacial score (nSPS) is 22.1. The van der Waals surface area contributed by atoms with Crippen LogP contribution in [-0.2, 0) is 14.8 Å². The van der Waals surface area contributed by atoms with Gasteiger partial charge in [-0.1, -0.05) is 6.08 Å². The predicted octanol–water partition coefficient (Wildman–Crippen LogP) is 0.350. The van der Waals surface area contributed by atoms with Gasteiger partial charge in [0.1, 0.15) is 0 Å². The van der Waals surface area contributed by atoms with E-state index in [1.54, 1.807) is 13.0 Å². The number of hydrogen-bond acceptors (Lipinski definition) is 3. The molecule has 0 bridgehead atoms. The number of sulfonamides is 1. The van der Waals surface area contributed by atoms with Crippen LogP contribution < -0.4 is 5.32 Å². The molecule has 6 heteroatoms. The monoisotopic (exact) mass is 260 g/mol. The molecular weight excluding hydrogens is 240 g/mol. The number of carbonyl (C=O) groups is 1. The minimum atomic E-state index is -3.18. The molecule has 0 aromatic carbocycles. The Morgan fingerprint density at radius 2 is 2.29 bits per heavy atom. The molecule has 1 N–H and O–H groups in total. The molecule has 5 nitrogen and oxygen atoms in total. The van der Waals surface area contributed by atoms with Crippen molar-refractivity contribution in [2.75, 3.05) is 25.4 Å². The second kappa shape index (κ2) is 6.16. The molecule has 0 saturated carbocycles. The minimum Gasteiger partial charge on any atom is -0.352 e. The van der Waals surface area contributed by atoms with Crippen LogP contribution in [0.2, 0.25) is 0 Å². The first-order valence-corrected chi connectivity index (χ1v) is 7.48. The first-order chi connectivity index (χ1) is 8.01. The lowest BCUT2D eigenvalue weighted by Crippen LogP contribution is -2.45. The van der Waals surface area contributed by atoms with Gasteiger partial charge in [-0.05, 0) is 19.8 Å². The fraction of sp³-hybridized carbons (Fsp3) is 0.727. The van der Waals surface area contributed by atoms with Crippen LogP contribution in [0.3, 0.4) is 0 Å². The number of rotatable bonds is 5. The van der Waals surface area contributed by atoms with Crippen LogP contribution in [-0.4, -0.2) is 44.0 Å². The van der Waals surface area contributed by atoms with Crippen molar-refractivity contribution in [1.29, 1.82) is 0 Å². The maximum absolute atomic E-state index is 11.7. The number of nitrogens with one attached hydrogen (secondary N) is 1. The molecule has 1 aliphatic heterocycles. The quantitative estimate of drug-likeness (QED) is 0.725. The molecule has 0 aliphatic carbocycles. The van der Waals surface area contributed by atoms with Crippen LogP contribution in [0.25, 0.3) is 0 Å². The second-order valence-electron chi connectivity index (χ2n) is 4.13. The molecule has 1 atom stereocenters. The highest BCUT2D eigenvalue weighted by molar-refractivity contribution is 7.89. The van der Waals surface area contributed by atoms with Gasteiger partial charge in [0.05, 0.1) is 11.7 Å². The predicted molar refractivity (Wildman–Crippen MR) is 67.0 cm³/mol. The van der Waals surface area contributed by atoms with E-state index in [4.69, 9.17) is 0 Å². The first-order valence-electron chi connectivity index (χ1n) is 5.87. The van der Waals surface area contributed by atoms with Crippen LogP contribution in [0.15, 0.2) is 12.7 Å². The molecule has 0 aromatic heterocycles. The smallest absolute Gasteiger partial charge is 0.224 e. The summed E-state index contributed by atoms with van der Waals surface area (Å²) in [5.74, 6) is -0.223. The average Bonchev–Trinajstić information content (AvgIpc) is 2.36. The lowest BCUT2D eigenvalue weighted by Gasteiger charge is -2.30. The second-order valence-corrected chi connectivity index (χ2v) is 6.39. The summed E-state index contributed by atoms with van der Waals surface area (Å²) in [5, 5.41) is 2.71. The summed E-state index contributed by atoms with van der Waals surface area (Å²) in [7, 11) is -3.18. The van der Waals surface area contributed by atoms with Crippen molar-refractivity contribution in [3.05, 3.63) is 12.7 Å². The Labute approximate surface area is 103 Å². The SMILES string of the molecule is C=CCNC(=O)[C@H]1CCCN(S(=O)(=O)CC)C1. The van der Waals surface area contributed by atoms with Crippen LogP contribution in [0.5, 0.6) is 0 Å². The van der Waals surface area contributed by atoms with Gasteiger partial charge < -0.3 is 5.32 Å². The summed E-state index contributed by atoms with van der Waals surface area (Å²) in [5.41, 5.74) is 0. The average molecular weight is 260 g/mol. The largest absolute Gasteiger partial charge is 0.352 e. The zero-order valence-corrected chi connectivity index (χ0v) is 11.0. The van der Waals surface area contributed by atoms with Crippen molar-refractivity contribution in [3.63, 3.8) is 0 Å². The van der Waals surface area contributed by atoms with E-state index in [-0.39, 0.29) is 17.6 Å². The molecule has 0 unspecified atom stereocenters. The third-order valence-corrected chi connectivity index (χ3v) is 4.78.